The number of anilines is 1. The SMILES string of the molecule is CC(C)Cc1cc(-c2nccn2-c2ccc(N3CCOCC3)nc2)n[nH]1. The summed E-state index contributed by atoms with van der Waals surface area (Å²) in [5, 5.41) is 7.56. The number of morpholine rings is 1. The molecule has 0 unspecified atom stereocenters. The van der Waals surface area contributed by atoms with Gasteiger partial charge in [-0.05, 0) is 30.5 Å². The van der Waals surface area contributed by atoms with Crippen LogP contribution in [0.4, 0.5) is 5.82 Å². The van der Waals surface area contributed by atoms with Crippen LogP contribution >= 0.6 is 0 Å². The van der Waals surface area contributed by atoms with Gasteiger partial charge in [-0.15, -0.1) is 0 Å². The Bertz CT molecular complexity index is 845. The summed E-state index contributed by atoms with van der Waals surface area (Å²) in [6.07, 6.45) is 6.60. The second kappa shape index (κ2) is 7.29. The zero-order valence-corrected chi connectivity index (χ0v) is 15.2. The lowest BCUT2D eigenvalue weighted by Gasteiger charge is -2.27. The molecule has 7 heteroatoms. The molecular formula is C19H24N6O. The molecule has 0 bridgehead atoms. The Morgan fingerprint density at radius 3 is 2.77 bits per heavy atom. The molecule has 136 valence electrons. The number of rotatable bonds is 5. The van der Waals surface area contributed by atoms with Crippen LogP contribution in [0.15, 0.2) is 36.8 Å². The van der Waals surface area contributed by atoms with Crippen LogP contribution in [0.25, 0.3) is 17.2 Å². The molecule has 0 aliphatic carbocycles. The van der Waals surface area contributed by atoms with E-state index < -0.39 is 0 Å². The van der Waals surface area contributed by atoms with Gasteiger partial charge in [0.05, 0.1) is 25.1 Å². The van der Waals surface area contributed by atoms with Crippen molar-refractivity contribution < 1.29 is 4.74 Å². The van der Waals surface area contributed by atoms with Gasteiger partial charge >= 0.3 is 0 Å². The number of ether oxygens (including phenoxy) is 1. The van der Waals surface area contributed by atoms with E-state index in [1.54, 1.807) is 6.20 Å². The molecular weight excluding hydrogens is 328 g/mol. The number of nitrogens with zero attached hydrogens (tertiary/aromatic N) is 5. The van der Waals surface area contributed by atoms with E-state index in [0.29, 0.717) is 5.92 Å². The van der Waals surface area contributed by atoms with Gasteiger partial charge in [0, 0.05) is 31.2 Å². The van der Waals surface area contributed by atoms with Crippen molar-refractivity contribution in [1.29, 1.82) is 0 Å². The van der Waals surface area contributed by atoms with Crippen LogP contribution in [0.3, 0.4) is 0 Å². The molecule has 3 aromatic heterocycles. The summed E-state index contributed by atoms with van der Waals surface area (Å²) in [5.74, 6) is 2.38. The van der Waals surface area contributed by atoms with Gasteiger partial charge in [-0.3, -0.25) is 9.67 Å². The van der Waals surface area contributed by atoms with E-state index in [9.17, 15) is 0 Å². The molecule has 4 heterocycles. The van der Waals surface area contributed by atoms with Crippen LogP contribution < -0.4 is 4.90 Å². The number of H-pyrrole nitrogens is 1. The molecule has 0 atom stereocenters. The monoisotopic (exact) mass is 352 g/mol. The van der Waals surface area contributed by atoms with Crippen molar-refractivity contribution in [3.63, 3.8) is 0 Å². The van der Waals surface area contributed by atoms with Gasteiger partial charge in [-0.2, -0.15) is 5.10 Å². The van der Waals surface area contributed by atoms with Crippen molar-refractivity contribution in [2.45, 2.75) is 20.3 Å². The third kappa shape index (κ3) is 3.48. The van der Waals surface area contributed by atoms with Gasteiger partial charge in [0.2, 0.25) is 0 Å². The van der Waals surface area contributed by atoms with Gasteiger partial charge in [-0.25, -0.2) is 9.97 Å². The predicted molar refractivity (Wildman–Crippen MR) is 101 cm³/mol. The zero-order chi connectivity index (χ0) is 17.9. The van der Waals surface area contributed by atoms with E-state index in [1.165, 1.54) is 0 Å². The number of hydrogen-bond acceptors (Lipinski definition) is 5. The highest BCUT2D eigenvalue weighted by Gasteiger charge is 2.15. The lowest BCUT2D eigenvalue weighted by Crippen LogP contribution is -2.36. The molecule has 1 aliphatic rings. The topological polar surface area (TPSA) is 71.9 Å². The molecule has 1 saturated heterocycles. The van der Waals surface area contributed by atoms with E-state index in [-0.39, 0.29) is 0 Å². The van der Waals surface area contributed by atoms with Crippen molar-refractivity contribution >= 4 is 5.82 Å². The molecule has 7 nitrogen and oxygen atoms in total. The minimum absolute atomic E-state index is 0.583. The van der Waals surface area contributed by atoms with E-state index in [2.05, 4.69) is 57.1 Å². The molecule has 1 aliphatic heterocycles. The first kappa shape index (κ1) is 16.8. The molecule has 0 spiro atoms. The van der Waals surface area contributed by atoms with Gasteiger partial charge < -0.3 is 9.64 Å². The second-order valence-corrected chi connectivity index (χ2v) is 6.97. The highest BCUT2D eigenvalue weighted by Crippen LogP contribution is 2.22. The summed E-state index contributed by atoms with van der Waals surface area (Å²) < 4.78 is 7.42. The summed E-state index contributed by atoms with van der Waals surface area (Å²) >= 11 is 0. The molecule has 1 N–H and O–H groups in total. The third-order valence-corrected chi connectivity index (χ3v) is 4.47. The van der Waals surface area contributed by atoms with E-state index >= 15 is 0 Å². The van der Waals surface area contributed by atoms with Crippen LogP contribution in [-0.4, -0.2) is 51.0 Å². The highest BCUT2D eigenvalue weighted by atomic mass is 16.5. The van der Waals surface area contributed by atoms with Crippen LogP contribution in [0, 0.1) is 5.92 Å². The van der Waals surface area contributed by atoms with Gasteiger partial charge in [0.15, 0.2) is 5.82 Å². The fourth-order valence-electron chi connectivity index (χ4n) is 3.22. The zero-order valence-electron chi connectivity index (χ0n) is 15.2. The standard InChI is InChI=1S/C19H24N6O/c1-14(2)11-15-12-17(23-22-15)19-20-5-6-25(19)16-3-4-18(21-13-16)24-7-9-26-10-8-24/h3-6,12-14H,7-11H2,1-2H3,(H,22,23). The summed E-state index contributed by atoms with van der Waals surface area (Å²) in [5.41, 5.74) is 2.95. The first-order valence-corrected chi connectivity index (χ1v) is 9.08. The van der Waals surface area contributed by atoms with E-state index in [4.69, 9.17) is 4.74 Å². The van der Waals surface area contributed by atoms with Crippen molar-refractivity contribution in [2.24, 2.45) is 5.92 Å². The first-order chi connectivity index (χ1) is 12.7. The minimum atomic E-state index is 0.583. The smallest absolute Gasteiger partial charge is 0.165 e. The van der Waals surface area contributed by atoms with E-state index in [1.807, 2.05) is 17.0 Å². The number of imidazole rings is 1. The summed E-state index contributed by atoms with van der Waals surface area (Å²) in [4.78, 5) is 11.4. The molecule has 0 saturated carbocycles. The number of hydrogen-bond donors (Lipinski definition) is 1. The number of aromatic nitrogens is 5. The van der Waals surface area contributed by atoms with Crippen LogP contribution in [-0.2, 0) is 11.2 Å². The predicted octanol–water partition coefficient (Wildman–Crippen LogP) is 2.69. The third-order valence-electron chi connectivity index (χ3n) is 4.47. The Morgan fingerprint density at radius 1 is 1.19 bits per heavy atom. The van der Waals surface area contributed by atoms with Gasteiger partial charge in [0.25, 0.3) is 0 Å². The minimum Gasteiger partial charge on any atom is -0.378 e. The molecule has 0 aromatic carbocycles. The van der Waals surface area contributed by atoms with Crippen LogP contribution in [0.5, 0.6) is 0 Å². The Labute approximate surface area is 153 Å². The van der Waals surface area contributed by atoms with E-state index in [0.717, 1.165) is 61.4 Å². The largest absolute Gasteiger partial charge is 0.378 e. The first-order valence-electron chi connectivity index (χ1n) is 9.08. The van der Waals surface area contributed by atoms with Gasteiger partial charge in [0.1, 0.15) is 11.5 Å². The number of pyridine rings is 1. The Kier molecular flexibility index (Phi) is 4.71. The quantitative estimate of drug-likeness (QED) is 0.764. The molecule has 0 amide bonds. The number of nitrogens with one attached hydrogen (secondary N) is 1. The highest BCUT2D eigenvalue weighted by molar-refractivity contribution is 5.55. The lowest BCUT2D eigenvalue weighted by atomic mass is 10.1. The summed E-state index contributed by atoms with van der Waals surface area (Å²) in [6.45, 7) is 7.68. The maximum atomic E-state index is 5.40. The summed E-state index contributed by atoms with van der Waals surface area (Å²) in [7, 11) is 0. The van der Waals surface area contributed by atoms with Crippen LogP contribution in [0.2, 0.25) is 0 Å². The Balaban J connectivity index is 1.57. The number of aromatic amines is 1. The Morgan fingerprint density at radius 2 is 2.04 bits per heavy atom. The van der Waals surface area contributed by atoms with Gasteiger partial charge in [-0.1, -0.05) is 13.8 Å². The van der Waals surface area contributed by atoms with Crippen molar-refractivity contribution in [3.8, 4) is 17.2 Å². The van der Waals surface area contributed by atoms with Crippen molar-refractivity contribution in [3.05, 3.63) is 42.5 Å². The normalized spacial score (nSPS) is 15.0. The average Bonchev–Trinajstić information content (AvgIpc) is 3.31. The molecule has 26 heavy (non-hydrogen) atoms. The molecule has 4 rings (SSSR count). The molecule has 1 fully saturated rings. The van der Waals surface area contributed by atoms with Crippen molar-refractivity contribution in [2.75, 3.05) is 31.2 Å². The molecule has 3 aromatic rings. The maximum Gasteiger partial charge on any atom is 0.165 e. The average molecular weight is 352 g/mol. The maximum absolute atomic E-state index is 5.40. The summed E-state index contributed by atoms with van der Waals surface area (Å²) in [6, 6.07) is 6.21. The Hall–Kier alpha value is -2.67. The lowest BCUT2D eigenvalue weighted by molar-refractivity contribution is 0.122. The fourth-order valence-corrected chi connectivity index (χ4v) is 3.22. The molecule has 0 radical (unpaired) electrons. The van der Waals surface area contributed by atoms with Crippen molar-refractivity contribution in [1.82, 2.24) is 24.7 Å². The van der Waals surface area contributed by atoms with Crippen LogP contribution in [0.1, 0.15) is 19.5 Å². The second-order valence-electron chi connectivity index (χ2n) is 6.97. The fraction of sp³-hybridized carbons (Fsp3) is 0.421.